The molecule has 1 aliphatic rings. The van der Waals surface area contributed by atoms with Gasteiger partial charge >= 0.3 is 5.97 Å². The maximum Gasteiger partial charge on any atom is 0.342 e. The number of unbranched alkanes of at least 4 members (excludes halogenated alkanes) is 1. The fourth-order valence-electron chi connectivity index (χ4n) is 1.90. The average Bonchev–Trinajstić information content (AvgIpc) is 2.54. The third-order valence-corrected chi connectivity index (χ3v) is 2.69. The van der Waals surface area contributed by atoms with Crippen molar-refractivity contribution in [2.45, 2.75) is 32.3 Å². The minimum Gasteiger partial charge on any atom is -0.507 e. The van der Waals surface area contributed by atoms with Gasteiger partial charge in [-0.1, -0.05) is 25.5 Å². The van der Waals surface area contributed by atoms with Crippen LogP contribution >= 0.6 is 0 Å². The van der Waals surface area contributed by atoms with E-state index < -0.39 is 5.97 Å². The Morgan fingerprint density at radius 3 is 2.88 bits per heavy atom. The molecule has 4 nitrogen and oxygen atoms in total. The molecule has 16 heavy (non-hydrogen) atoms. The Morgan fingerprint density at radius 1 is 1.44 bits per heavy atom. The number of hydrogen-bond donors (Lipinski definition) is 1. The Bertz CT molecular complexity index is 387. The van der Waals surface area contributed by atoms with Crippen molar-refractivity contribution >= 4 is 5.97 Å². The Labute approximate surface area is 94.2 Å². The highest BCUT2D eigenvalue weighted by Crippen LogP contribution is 2.38. The molecule has 1 aromatic carbocycles. The number of carbonyl (C=O) groups excluding carboxylic acids is 1. The van der Waals surface area contributed by atoms with Crippen LogP contribution in [0.2, 0.25) is 0 Å². The maximum atomic E-state index is 11.5. The highest BCUT2D eigenvalue weighted by atomic mass is 16.5. The van der Waals surface area contributed by atoms with Crippen molar-refractivity contribution in [1.82, 2.24) is 0 Å². The Morgan fingerprint density at radius 2 is 2.19 bits per heavy atom. The normalized spacial score (nSPS) is 17.6. The molecule has 0 amide bonds. The van der Waals surface area contributed by atoms with Crippen LogP contribution in [0.5, 0.6) is 5.75 Å². The standard InChI is InChI=1S/C12H14O3.H2O/c1-2-3-7-10-8-5-4-6-9(13)11(8)12(14)15-10;/h4-6,10,13H,2-3,7H2,1H3;1H2. The lowest BCUT2D eigenvalue weighted by Crippen LogP contribution is -1.98. The molecule has 1 aromatic rings. The molecule has 0 bridgehead atoms. The summed E-state index contributed by atoms with van der Waals surface area (Å²) >= 11 is 0. The Balaban J connectivity index is 0.00000128. The zero-order chi connectivity index (χ0) is 10.8. The van der Waals surface area contributed by atoms with Gasteiger partial charge in [0.2, 0.25) is 0 Å². The number of cyclic esters (lactones) is 1. The first-order chi connectivity index (χ1) is 7.24. The van der Waals surface area contributed by atoms with E-state index in [0.29, 0.717) is 5.56 Å². The molecule has 0 saturated heterocycles. The van der Waals surface area contributed by atoms with Crippen LogP contribution in [-0.2, 0) is 4.74 Å². The first-order valence-electron chi connectivity index (χ1n) is 5.27. The second-order valence-corrected chi connectivity index (χ2v) is 3.78. The fourth-order valence-corrected chi connectivity index (χ4v) is 1.90. The van der Waals surface area contributed by atoms with Crippen LogP contribution in [0, 0.1) is 0 Å². The minimum atomic E-state index is -0.399. The van der Waals surface area contributed by atoms with E-state index in [-0.39, 0.29) is 17.3 Å². The first-order valence-corrected chi connectivity index (χ1v) is 5.27. The van der Waals surface area contributed by atoms with Crippen LogP contribution in [0.25, 0.3) is 0 Å². The molecule has 0 fully saturated rings. The van der Waals surface area contributed by atoms with Crippen LogP contribution in [0.4, 0.5) is 0 Å². The van der Waals surface area contributed by atoms with E-state index in [1.54, 1.807) is 6.07 Å². The maximum absolute atomic E-state index is 11.5. The topological polar surface area (TPSA) is 78.0 Å². The van der Waals surface area contributed by atoms with Crippen molar-refractivity contribution in [2.24, 2.45) is 0 Å². The van der Waals surface area contributed by atoms with Crippen LogP contribution in [0.3, 0.4) is 0 Å². The minimum absolute atomic E-state index is 0. The highest BCUT2D eigenvalue weighted by Gasteiger charge is 2.32. The van der Waals surface area contributed by atoms with Gasteiger partial charge in [-0.25, -0.2) is 4.79 Å². The molecular weight excluding hydrogens is 208 g/mol. The molecule has 3 N–H and O–H groups in total. The van der Waals surface area contributed by atoms with E-state index in [2.05, 4.69) is 6.92 Å². The molecule has 1 aliphatic heterocycles. The molecule has 2 rings (SSSR count). The van der Waals surface area contributed by atoms with Gasteiger partial charge in [0.1, 0.15) is 17.4 Å². The number of fused-ring (bicyclic) bond motifs is 1. The van der Waals surface area contributed by atoms with Gasteiger partial charge in [0.25, 0.3) is 0 Å². The predicted molar refractivity (Wildman–Crippen MR) is 59.4 cm³/mol. The fraction of sp³-hybridized carbons (Fsp3) is 0.417. The summed E-state index contributed by atoms with van der Waals surface area (Å²) in [5.74, 6) is -0.374. The quantitative estimate of drug-likeness (QED) is 0.797. The molecule has 1 unspecified atom stereocenters. The lowest BCUT2D eigenvalue weighted by molar-refractivity contribution is 0.0363. The number of aromatic hydroxyl groups is 1. The van der Waals surface area contributed by atoms with E-state index in [1.807, 2.05) is 6.07 Å². The van der Waals surface area contributed by atoms with Gasteiger partial charge in [-0.2, -0.15) is 0 Å². The Kier molecular flexibility index (Phi) is 3.90. The molecule has 0 spiro atoms. The summed E-state index contributed by atoms with van der Waals surface area (Å²) in [5.41, 5.74) is 1.17. The molecule has 0 saturated carbocycles. The van der Waals surface area contributed by atoms with Crippen LogP contribution in [0.15, 0.2) is 18.2 Å². The van der Waals surface area contributed by atoms with Gasteiger partial charge in [0.05, 0.1) is 0 Å². The number of hydrogen-bond acceptors (Lipinski definition) is 3. The van der Waals surface area contributed by atoms with Crippen LogP contribution in [0.1, 0.15) is 48.2 Å². The molecule has 1 heterocycles. The van der Waals surface area contributed by atoms with E-state index in [9.17, 15) is 9.90 Å². The second-order valence-electron chi connectivity index (χ2n) is 3.78. The number of phenolic OH excluding ortho intramolecular Hbond substituents is 1. The van der Waals surface area contributed by atoms with Gasteiger partial charge in [-0.3, -0.25) is 0 Å². The smallest absolute Gasteiger partial charge is 0.342 e. The van der Waals surface area contributed by atoms with Crippen molar-refractivity contribution in [3.63, 3.8) is 0 Å². The van der Waals surface area contributed by atoms with Crippen molar-refractivity contribution in [3.05, 3.63) is 29.3 Å². The summed E-state index contributed by atoms with van der Waals surface area (Å²) in [6.07, 6.45) is 2.76. The van der Waals surface area contributed by atoms with Crippen molar-refractivity contribution < 1.29 is 20.1 Å². The SMILES string of the molecule is CCCCC1OC(=O)c2c(O)cccc21.O. The van der Waals surface area contributed by atoms with Gasteiger partial charge in [-0.15, -0.1) is 0 Å². The zero-order valence-electron chi connectivity index (χ0n) is 9.19. The molecule has 1 atom stereocenters. The van der Waals surface area contributed by atoms with Crippen molar-refractivity contribution in [3.8, 4) is 5.75 Å². The summed E-state index contributed by atoms with van der Waals surface area (Å²) in [4.78, 5) is 11.5. The molecule has 88 valence electrons. The van der Waals surface area contributed by atoms with Gasteiger partial charge in [0, 0.05) is 5.56 Å². The summed E-state index contributed by atoms with van der Waals surface area (Å²) in [7, 11) is 0. The number of carbonyl (C=O) groups is 1. The van der Waals surface area contributed by atoms with Crippen LogP contribution < -0.4 is 0 Å². The number of phenols is 1. The zero-order valence-corrected chi connectivity index (χ0v) is 9.19. The largest absolute Gasteiger partial charge is 0.507 e. The van der Waals surface area contributed by atoms with E-state index >= 15 is 0 Å². The van der Waals surface area contributed by atoms with Gasteiger partial charge in [0.15, 0.2) is 0 Å². The number of ether oxygens (including phenoxy) is 1. The summed E-state index contributed by atoms with van der Waals surface area (Å²) in [5, 5.41) is 9.54. The third kappa shape index (κ3) is 2.02. The second kappa shape index (κ2) is 4.99. The van der Waals surface area contributed by atoms with Gasteiger partial charge < -0.3 is 15.3 Å². The first kappa shape index (κ1) is 12.5. The van der Waals surface area contributed by atoms with Crippen molar-refractivity contribution in [2.75, 3.05) is 0 Å². The molecule has 4 heteroatoms. The Hall–Kier alpha value is -1.55. The highest BCUT2D eigenvalue weighted by molar-refractivity contribution is 5.96. The third-order valence-electron chi connectivity index (χ3n) is 2.69. The number of esters is 1. The molecular formula is C12H16O4. The predicted octanol–water partition coefficient (Wildman–Crippen LogP) is 1.97. The number of benzene rings is 1. The summed E-state index contributed by atoms with van der Waals surface area (Å²) in [6.45, 7) is 2.10. The lowest BCUT2D eigenvalue weighted by atomic mass is 10.0. The summed E-state index contributed by atoms with van der Waals surface area (Å²) < 4.78 is 5.22. The lowest BCUT2D eigenvalue weighted by Gasteiger charge is -2.09. The monoisotopic (exact) mass is 224 g/mol. The van der Waals surface area contributed by atoms with Gasteiger partial charge in [-0.05, 0) is 18.9 Å². The molecule has 0 radical (unpaired) electrons. The molecule has 0 aliphatic carbocycles. The van der Waals surface area contributed by atoms with E-state index in [0.717, 1.165) is 24.8 Å². The van der Waals surface area contributed by atoms with Crippen molar-refractivity contribution in [1.29, 1.82) is 0 Å². The summed E-state index contributed by atoms with van der Waals surface area (Å²) in [6, 6.07) is 5.11. The van der Waals surface area contributed by atoms with Crippen LogP contribution in [-0.4, -0.2) is 16.6 Å². The number of rotatable bonds is 3. The van der Waals surface area contributed by atoms with E-state index in [4.69, 9.17) is 4.74 Å². The average molecular weight is 224 g/mol. The molecule has 0 aromatic heterocycles. The van der Waals surface area contributed by atoms with E-state index in [1.165, 1.54) is 6.07 Å².